The Morgan fingerprint density at radius 1 is 1.07 bits per heavy atom. The van der Waals surface area contributed by atoms with Crippen LogP contribution < -0.4 is 4.74 Å². The van der Waals surface area contributed by atoms with Gasteiger partial charge in [-0.3, -0.25) is 4.90 Å². The van der Waals surface area contributed by atoms with E-state index in [2.05, 4.69) is 59.3 Å². The van der Waals surface area contributed by atoms with Crippen LogP contribution in [0, 0.1) is 0 Å². The first-order valence-corrected chi connectivity index (χ1v) is 10.0. The van der Waals surface area contributed by atoms with Crippen molar-refractivity contribution < 1.29 is 9.84 Å². The molecule has 146 valence electrons. The van der Waals surface area contributed by atoms with Crippen molar-refractivity contribution in [1.29, 1.82) is 0 Å². The molecule has 2 aromatic carbocycles. The van der Waals surface area contributed by atoms with Crippen molar-refractivity contribution in [2.24, 2.45) is 0 Å². The fourth-order valence-electron chi connectivity index (χ4n) is 3.78. The lowest BCUT2D eigenvalue weighted by Crippen LogP contribution is -2.46. The quantitative estimate of drug-likeness (QED) is 0.737. The summed E-state index contributed by atoms with van der Waals surface area (Å²) in [6.45, 7) is 4.81. The van der Waals surface area contributed by atoms with Crippen LogP contribution in [0.15, 0.2) is 54.6 Å². The topological polar surface area (TPSA) is 35.9 Å². The number of ether oxygens (including phenoxy) is 1. The largest absolute Gasteiger partial charge is 0.491 e. The van der Waals surface area contributed by atoms with E-state index in [9.17, 15) is 0 Å². The van der Waals surface area contributed by atoms with Gasteiger partial charge in [0.05, 0.1) is 6.61 Å². The molecule has 0 aliphatic carbocycles. The van der Waals surface area contributed by atoms with E-state index in [1.807, 2.05) is 12.1 Å². The molecule has 3 rings (SSSR count). The first-order valence-electron chi connectivity index (χ1n) is 10.0. The lowest BCUT2D eigenvalue weighted by atomic mass is 10.0. The van der Waals surface area contributed by atoms with Gasteiger partial charge >= 0.3 is 0 Å². The summed E-state index contributed by atoms with van der Waals surface area (Å²) < 4.78 is 5.44. The predicted octanol–water partition coefficient (Wildman–Crippen LogP) is 3.20. The minimum Gasteiger partial charge on any atom is -0.491 e. The average molecular weight is 369 g/mol. The molecule has 1 saturated heterocycles. The van der Waals surface area contributed by atoms with E-state index in [0.717, 1.165) is 31.8 Å². The lowest BCUT2D eigenvalue weighted by Gasteiger charge is -2.37. The highest BCUT2D eigenvalue weighted by atomic mass is 16.5. The van der Waals surface area contributed by atoms with Gasteiger partial charge in [-0.2, -0.15) is 0 Å². The molecule has 4 heteroatoms. The van der Waals surface area contributed by atoms with Gasteiger partial charge in [0, 0.05) is 25.7 Å². The molecule has 2 aromatic rings. The summed E-state index contributed by atoms with van der Waals surface area (Å²) in [5.41, 5.74) is 2.74. The summed E-state index contributed by atoms with van der Waals surface area (Å²) in [7, 11) is 2.27. The maximum absolute atomic E-state index is 8.84. The second kappa shape index (κ2) is 10.5. The Morgan fingerprint density at radius 3 is 2.59 bits per heavy atom. The standard InChI is InChI=1S/C23H32N2O2/c1-24(15-13-20-6-3-2-4-7-20)22-8-5-14-25(19-22)18-21-9-11-23(12-10-21)27-17-16-26/h2-4,6-7,9-12,22,26H,5,8,13-19H2,1H3/t22-/m0/s1. The summed E-state index contributed by atoms with van der Waals surface area (Å²) in [6, 6.07) is 19.7. The third-order valence-electron chi connectivity index (χ3n) is 5.39. The molecule has 0 saturated carbocycles. The van der Waals surface area contributed by atoms with Crippen molar-refractivity contribution in [2.45, 2.75) is 31.8 Å². The minimum atomic E-state index is 0.0503. The average Bonchev–Trinajstić information content (AvgIpc) is 2.72. The Kier molecular flexibility index (Phi) is 7.69. The van der Waals surface area contributed by atoms with Gasteiger partial charge in [0.1, 0.15) is 12.4 Å². The van der Waals surface area contributed by atoms with Crippen LogP contribution in [-0.2, 0) is 13.0 Å². The second-order valence-corrected chi connectivity index (χ2v) is 7.46. The van der Waals surface area contributed by atoms with Crippen molar-refractivity contribution in [3.8, 4) is 5.75 Å². The Hall–Kier alpha value is -1.88. The molecular formula is C23H32N2O2. The Morgan fingerprint density at radius 2 is 1.85 bits per heavy atom. The SMILES string of the molecule is CN(CCc1ccccc1)[C@H]1CCCN(Cc2ccc(OCCO)cc2)C1. The van der Waals surface area contributed by atoms with E-state index in [-0.39, 0.29) is 6.61 Å². The van der Waals surface area contributed by atoms with Crippen LogP contribution in [0.5, 0.6) is 5.75 Å². The minimum absolute atomic E-state index is 0.0503. The number of aliphatic hydroxyl groups excluding tert-OH is 1. The highest BCUT2D eigenvalue weighted by Gasteiger charge is 2.23. The zero-order valence-corrected chi connectivity index (χ0v) is 16.4. The number of likely N-dealkylation sites (tertiary alicyclic amines) is 1. The summed E-state index contributed by atoms with van der Waals surface area (Å²) in [5, 5.41) is 8.84. The van der Waals surface area contributed by atoms with Gasteiger partial charge in [-0.15, -0.1) is 0 Å². The number of hydrogen-bond acceptors (Lipinski definition) is 4. The third-order valence-corrected chi connectivity index (χ3v) is 5.39. The molecule has 0 unspecified atom stereocenters. The molecule has 0 radical (unpaired) electrons. The molecule has 4 nitrogen and oxygen atoms in total. The summed E-state index contributed by atoms with van der Waals surface area (Å²) in [4.78, 5) is 5.10. The van der Waals surface area contributed by atoms with Gasteiger partial charge < -0.3 is 14.7 Å². The van der Waals surface area contributed by atoms with Crippen molar-refractivity contribution in [3.63, 3.8) is 0 Å². The first kappa shape index (κ1) is 19.9. The highest BCUT2D eigenvalue weighted by molar-refractivity contribution is 5.27. The monoisotopic (exact) mass is 368 g/mol. The predicted molar refractivity (Wildman–Crippen MR) is 110 cm³/mol. The molecule has 1 aliphatic rings. The number of nitrogens with zero attached hydrogens (tertiary/aromatic N) is 2. The molecule has 0 bridgehead atoms. The Labute approximate surface area is 163 Å². The van der Waals surface area contributed by atoms with E-state index in [4.69, 9.17) is 9.84 Å². The first-order chi connectivity index (χ1) is 13.2. The zero-order valence-electron chi connectivity index (χ0n) is 16.4. The van der Waals surface area contributed by atoms with Crippen molar-refractivity contribution >= 4 is 0 Å². The summed E-state index contributed by atoms with van der Waals surface area (Å²) in [5.74, 6) is 0.824. The second-order valence-electron chi connectivity index (χ2n) is 7.46. The lowest BCUT2D eigenvalue weighted by molar-refractivity contribution is 0.112. The Bertz CT molecular complexity index is 660. The molecule has 1 fully saturated rings. The van der Waals surface area contributed by atoms with Crippen molar-refractivity contribution in [3.05, 3.63) is 65.7 Å². The maximum atomic E-state index is 8.84. The number of hydrogen-bond donors (Lipinski definition) is 1. The summed E-state index contributed by atoms with van der Waals surface area (Å²) in [6.07, 6.45) is 3.66. The van der Waals surface area contributed by atoms with Crippen molar-refractivity contribution in [2.75, 3.05) is 39.9 Å². The van der Waals surface area contributed by atoms with E-state index in [0.29, 0.717) is 12.6 Å². The number of likely N-dealkylation sites (N-methyl/N-ethyl adjacent to an activating group) is 1. The molecule has 1 N–H and O–H groups in total. The normalized spacial score (nSPS) is 18.0. The van der Waals surface area contributed by atoms with Crippen LogP contribution in [0.4, 0.5) is 0 Å². The van der Waals surface area contributed by atoms with Crippen LogP contribution in [-0.4, -0.2) is 60.8 Å². The molecule has 0 amide bonds. The van der Waals surface area contributed by atoms with Crippen molar-refractivity contribution in [1.82, 2.24) is 9.80 Å². The number of benzene rings is 2. The van der Waals surface area contributed by atoms with Crippen LogP contribution in [0.2, 0.25) is 0 Å². The van der Waals surface area contributed by atoms with Gasteiger partial charge in [0.2, 0.25) is 0 Å². The van der Waals surface area contributed by atoms with Crippen LogP contribution >= 0.6 is 0 Å². The van der Waals surface area contributed by atoms with E-state index < -0.39 is 0 Å². The van der Waals surface area contributed by atoms with E-state index in [1.165, 1.54) is 30.5 Å². The number of aliphatic hydroxyl groups is 1. The Balaban J connectivity index is 1.47. The summed E-state index contributed by atoms with van der Waals surface area (Å²) >= 11 is 0. The third kappa shape index (κ3) is 6.35. The maximum Gasteiger partial charge on any atom is 0.119 e. The molecule has 1 heterocycles. The molecule has 1 aliphatic heterocycles. The molecule has 0 aromatic heterocycles. The van der Waals surface area contributed by atoms with Crippen LogP contribution in [0.1, 0.15) is 24.0 Å². The van der Waals surface area contributed by atoms with Gasteiger partial charge in [0.25, 0.3) is 0 Å². The molecular weight excluding hydrogens is 336 g/mol. The molecule has 1 atom stereocenters. The molecule has 27 heavy (non-hydrogen) atoms. The van der Waals surface area contributed by atoms with Gasteiger partial charge in [-0.1, -0.05) is 42.5 Å². The van der Waals surface area contributed by atoms with Crippen LogP contribution in [0.25, 0.3) is 0 Å². The van der Waals surface area contributed by atoms with Gasteiger partial charge in [-0.05, 0) is 56.1 Å². The number of piperidine rings is 1. The fraction of sp³-hybridized carbons (Fsp3) is 0.478. The van der Waals surface area contributed by atoms with E-state index >= 15 is 0 Å². The van der Waals surface area contributed by atoms with E-state index in [1.54, 1.807) is 0 Å². The van der Waals surface area contributed by atoms with Crippen LogP contribution in [0.3, 0.4) is 0 Å². The molecule has 0 spiro atoms. The smallest absolute Gasteiger partial charge is 0.119 e. The van der Waals surface area contributed by atoms with Gasteiger partial charge in [-0.25, -0.2) is 0 Å². The van der Waals surface area contributed by atoms with Gasteiger partial charge in [0.15, 0.2) is 0 Å². The zero-order chi connectivity index (χ0) is 18.9. The number of rotatable bonds is 9. The highest BCUT2D eigenvalue weighted by Crippen LogP contribution is 2.19. The fourth-order valence-corrected chi connectivity index (χ4v) is 3.78.